The van der Waals surface area contributed by atoms with Gasteiger partial charge in [0.25, 0.3) is 0 Å². The van der Waals surface area contributed by atoms with E-state index < -0.39 is 0 Å². The van der Waals surface area contributed by atoms with Crippen molar-refractivity contribution in [3.63, 3.8) is 0 Å². The fourth-order valence-electron chi connectivity index (χ4n) is 4.35. The summed E-state index contributed by atoms with van der Waals surface area (Å²) in [6.07, 6.45) is 3.56. The topological polar surface area (TPSA) is 31.4 Å². The maximum Gasteiger partial charge on any atom is 0.125 e. The third kappa shape index (κ3) is 3.35. The van der Waals surface area contributed by atoms with Gasteiger partial charge in [0.2, 0.25) is 0 Å². The SMILES string of the molecule is COc1ccc(-c2cc(-c3ccc(OC)cc3)c3c4c(sc3n2)CC(C)CC4)cc1. The number of aromatic nitrogens is 1. The predicted molar refractivity (Wildman–Crippen MR) is 125 cm³/mol. The summed E-state index contributed by atoms with van der Waals surface area (Å²) in [6.45, 7) is 2.36. The van der Waals surface area contributed by atoms with Gasteiger partial charge in [-0.05, 0) is 84.3 Å². The number of hydrogen-bond acceptors (Lipinski definition) is 4. The van der Waals surface area contributed by atoms with Crippen molar-refractivity contribution in [2.24, 2.45) is 5.92 Å². The van der Waals surface area contributed by atoms with Gasteiger partial charge >= 0.3 is 0 Å². The van der Waals surface area contributed by atoms with Gasteiger partial charge in [0.1, 0.15) is 16.3 Å². The van der Waals surface area contributed by atoms with Crippen molar-refractivity contribution >= 4 is 21.6 Å². The summed E-state index contributed by atoms with van der Waals surface area (Å²) in [5, 5.41) is 1.34. The number of ether oxygens (including phenoxy) is 2. The summed E-state index contributed by atoms with van der Waals surface area (Å²) in [6, 6.07) is 18.8. The smallest absolute Gasteiger partial charge is 0.125 e. The first kappa shape index (κ1) is 19.1. The summed E-state index contributed by atoms with van der Waals surface area (Å²) in [4.78, 5) is 7.76. The monoisotopic (exact) mass is 415 g/mol. The average molecular weight is 416 g/mol. The number of thiophene rings is 1. The first-order chi connectivity index (χ1) is 14.7. The second-order valence-electron chi connectivity index (χ2n) is 8.04. The molecule has 1 unspecified atom stereocenters. The summed E-state index contributed by atoms with van der Waals surface area (Å²) >= 11 is 1.88. The molecule has 0 saturated carbocycles. The summed E-state index contributed by atoms with van der Waals surface area (Å²) < 4.78 is 10.7. The van der Waals surface area contributed by atoms with Gasteiger partial charge in [-0.1, -0.05) is 19.1 Å². The lowest BCUT2D eigenvalue weighted by Gasteiger charge is -2.18. The van der Waals surface area contributed by atoms with Crippen LogP contribution in [0.25, 0.3) is 32.6 Å². The van der Waals surface area contributed by atoms with Gasteiger partial charge in [0.15, 0.2) is 0 Å². The van der Waals surface area contributed by atoms with Gasteiger partial charge in [0, 0.05) is 15.8 Å². The molecular formula is C26H25NO2S. The van der Waals surface area contributed by atoms with Crippen LogP contribution in [0.3, 0.4) is 0 Å². The van der Waals surface area contributed by atoms with Gasteiger partial charge in [-0.25, -0.2) is 4.98 Å². The molecule has 0 aliphatic heterocycles. The molecule has 3 nitrogen and oxygen atoms in total. The molecular weight excluding hydrogens is 390 g/mol. The van der Waals surface area contributed by atoms with Gasteiger partial charge in [-0.3, -0.25) is 0 Å². The van der Waals surface area contributed by atoms with Crippen LogP contribution in [0.5, 0.6) is 11.5 Å². The lowest BCUT2D eigenvalue weighted by Crippen LogP contribution is -2.08. The molecule has 0 amide bonds. The van der Waals surface area contributed by atoms with Gasteiger partial charge in [-0.2, -0.15) is 0 Å². The molecule has 0 spiro atoms. The zero-order chi connectivity index (χ0) is 20.7. The van der Waals surface area contributed by atoms with Crippen molar-refractivity contribution in [3.05, 3.63) is 65.0 Å². The third-order valence-corrected chi connectivity index (χ3v) is 7.20. The van der Waals surface area contributed by atoms with Crippen LogP contribution in [-0.4, -0.2) is 19.2 Å². The van der Waals surface area contributed by atoms with E-state index in [2.05, 4.69) is 37.3 Å². The van der Waals surface area contributed by atoms with E-state index in [1.165, 1.54) is 33.4 Å². The van der Waals surface area contributed by atoms with Crippen LogP contribution in [0.15, 0.2) is 54.6 Å². The lowest BCUT2D eigenvalue weighted by atomic mass is 9.87. The van der Waals surface area contributed by atoms with Crippen LogP contribution in [0, 0.1) is 5.92 Å². The summed E-state index contributed by atoms with van der Waals surface area (Å²) in [5.41, 5.74) is 6.08. The number of rotatable bonds is 4. The summed E-state index contributed by atoms with van der Waals surface area (Å²) in [5.74, 6) is 2.48. The van der Waals surface area contributed by atoms with Gasteiger partial charge < -0.3 is 9.47 Å². The van der Waals surface area contributed by atoms with Crippen LogP contribution in [0.4, 0.5) is 0 Å². The highest BCUT2D eigenvalue weighted by Gasteiger charge is 2.24. The highest BCUT2D eigenvalue weighted by molar-refractivity contribution is 7.19. The number of benzene rings is 2. The van der Waals surface area contributed by atoms with Crippen LogP contribution in [0.2, 0.25) is 0 Å². The number of fused-ring (bicyclic) bond motifs is 3. The van der Waals surface area contributed by atoms with Crippen molar-refractivity contribution in [2.75, 3.05) is 14.2 Å². The number of aryl methyl sites for hydroxylation is 1. The number of methoxy groups -OCH3 is 2. The molecule has 152 valence electrons. The Bertz CT molecular complexity index is 1190. The molecule has 1 atom stereocenters. The Labute approximate surface area is 181 Å². The summed E-state index contributed by atoms with van der Waals surface area (Å²) in [7, 11) is 3.40. The second-order valence-corrected chi connectivity index (χ2v) is 9.13. The zero-order valence-electron chi connectivity index (χ0n) is 17.6. The van der Waals surface area contributed by atoms with E-state index >= 15 is 0 Å². The molecule has 2 heterocycles. The first-order valence-corrected chi connectivity index (χ1v) is 11.2. The van der Waals surface area contributed by atoms with Crippen molar-refractivity contribution < 1.29 is 9.47 Å². The molecule has 0 radical (unpaired) electrons. The van der Waals surface area contributed by atoms with E-state index in [0.717, 1.165) is 46.3 Å². The van der Waals surface area contributed by atoms with E-state index in [4.69, 9.17) is 14.5 Å². The Morgan fingerprint density at radius 1 is 0.900 bits per heavy atom. The number of nitrogens with zero attached hydrogens (tertiary/aromatic N) is 1. The van der Waals surface area contributed by atoms with E-state index in [9.17, 15) is 0 Å². The molecule has 2 aromatic carbocycles. The molecule has 0 bridgehead atoms. The van der Waals surface area contributed by atoms with Gasteiger partial charge in [0.05, 0.1) is 19.9 Å². The second kappa shape index (κ2) is 7.77. The minimum atomic E-state index is 0.746. The number of pyridine rings is 1. The van der Waals surface area contributed by atoms with E-state index in [-0.39, 0.29) is 0 Å². The van der Waals surface area contributed by atoms with Crippen molar-refractivity contribution in [2.45, 2.75) is 26.2 Å². The molecule has 0 saturated heterocycles. The molecule has 4 aromatic rings. The molecule has 1 aliphatic carbocycles. The molecule has 5 rings (SSSR count). The lowest BCUT2D eigenvalue weighted by molar-refractivity contribution is 0.415. The zero-order valence-corrected chi connectivity index (χ0v) is 18.4. The molecule has 1 aliphatic rings. The minimum Gasteiger partial charge on any atom is -0.497 e. The van der Waals surface area contributed by atoms with Crippen molar-refractivity contribution in [1.82, 2.24) is 4.98 Å². The molecule has 30 heavy (non-hydrogen) atoms. The van der Waals surface area contributed by atoms with E-state index in [0.29, 0.717) is 0 Å². The largest absolute Gasteiger partial charge is 0.497 e. The normalized spacial score (nSPS) is 15.8. The van der Waals surface area contributed by atoms with Crippen LogP contribution >= 0.6 is 11.3 Å². The van der Waals surface area contributed by atoms with Crippen LogP contribution in [-0.2, 0) is 12.8 Å². The number of hydrogen-bond donors (Lipinski definition) is 0. The standard InChI is InChI=1S/C26H25NO2S/c1-16-4-13-21-24(14-16)30-26-25(21)22(17-5-9-19(28-2)10-6-17)15-23(27-26)18-7-11-20(29-3)12-8-18/h5-12,15-16H,4,13-14H2,1-3H3. The fourth-order valence-corrected chi connectivity index (χ4v) is 5.76. The Hall–Kier alpha value is -2.85. The molecule has 2 aromatic heterocycles. The quantitative estimate of drug-likeness (QED) is 0.368. The Kier molecular flexibility index (Phi) is 4.95. The maximum absolute atomic E-state index is 5.37. The van der Waals surface area contributed by atoms with Crippen molar-refractivity contribution in [3.8, 4) is 33.9 Å². The third-order valence-electron chi connectivity index (χ3n) is 6.05. The van der Waals surface area contributed by atoms with Crippen LogP contribution < -0.4 is 9.47 Å². The molecule has 0 N–H and O–H groups in total. The van der Waals surface area contributed by atoms with Gasteiger partial charge in [-0.15, -0.1) is 11.3 Å². The van der Waals surface area contributed by atoms with Crippen LogP contribution in [0.1, 0.15) is 23.8 Å². The maximum atomic E-state index is 5.37. The Morgan fingerprint density at radius 3 is 2.17 bits per heavy atom. The highest BCUT2D eigenvalue weighted by atomic mass is 32.1. The van der Waals surface area contributed by atoms with Crippen molar-refractivity contribution in [1.29, 1.82) is 0 Å². The Morgan fingerprint density at radius 2 is 1.53 bits per heavy atom. The molecule has 0 fully saturated rings. The molecule has 4 heteroatoms. The Balaban J connectivity index is 1.72. The highest BCUT2D eigenvalue weighted by Crippen LogP contribution is 2.43. The minimum absolute atomic E-state index is 0.746. The fraction of sp³-hybridized carbons (Fsp3) is 0.269. The predicted octanol–water partition coefficient (Wildman–Crippen LogP) is 6.77. The van der Waals surface area contributed by atoms with E-state index in [1.807, 2.05) is 35.6 Å². The average Bonchev–Trinajstić information content (AvgIpc) is 3.16. The van der Waals surface area contributed by atoms with E-state index in [1.54, 1.807) is 14.2 Å². The first-order valence-electron chi connectivity index (χ1n) is 10.4.